The van der Waals surface area contributed by atoms with Crippen LogP contribution in [0.25, 0.3) is 0 Å². The Morgan fingerprint density at radius 1 is 1.35 bits per heavy atom. The van der Waals surface area contributed by atoms with Crippen LogP contribution in [-0.4, -0.2) is 36.6 Å². The molecule has 0 aliphatic heterocycles. The summed E-state index contributed by atoms with van der Waals surface area (Å²) in [6, 6.07) is 4.83. The molecule has 0 aromatic carbocycles. The highest BCUT2D eigenvalue weighted by Gasteiger charge is 2.13. The average Bonchev–Trinajstić information content (AvgIpc) is 2.73. The smallest absolute Gasteiger partial charge is 0.126 e. The highest BCUT2D eigenvalue weighted by molar-refractivity contribution is 5.41. The van der Waals surface area contributed by atoms with Gasteiger partial charge in [-0.05, 0) is 64.9 Å². The van der Waals surface area contributed by atoms with Crippen LogP contribution in [0.5, 0.6) is 0 Å². The first-order valence-electron chi connectivity index (χ1n) is 6.55. The molecule has 0 amide bonds. The second-order valence-electron chi connectivity index (χ2n) is 5.29. The lowest BCUT2D eigenvalue weighted by atomic mass is 10.2. The first kappa shape index (κ1) is 12.4. The summed E-state index contributed by atoms with van der Waals surface area (Å²) in [5.41, 5.74) is 2.74. The fourth-order valence-corrected chi connectivity index (χ4v) is 2.28. The minimum absolute atomic E-state index is 0.476. The summed E-state index contributed by atoms with van der Waals surface area (Å²) < 4.78 is 0. The van der Waals surface area contributed by atoms with E-state index < -0.39 is 0 Å². The summed E-state index contributed by atoms with van der Waals surface area (Å²) in [4.78, 5) is 6.91. The largest absolute Gasteiger partial charge is 0.368 e. The average molecular weight is 233 g/mol. The van der Waals surface area contributed by atoms with E-state index in [2.05, 4.69) is 43.4 Å². The lowest BCUT2D eigenvalue weighted by Gasteiger charge is -2.17. The number of nitrogens with one attached hydrogen (secondary N) is 1. The number of aromatic nitrogens is 1. The van der Waals surface area contributed by atoms with Crippen molar-refractivity contribution in [3.63, 3.8) is 0 Å². The van der Waals surface area contributed by atoms with Gasteiger partial charge >= 0.3 is 0 Å². The number of hydrogen-bond donors (Lipinski definition) is 1. The second-order valence-corrected chi connectivity index (χ2v) is 5.29. The van der Waals surface area contributed by atoms with Gasteiger partial charge in [0.05, 0.1) is 0 Å². The van der Waals surface area contributed by atoms with Crippen molar-refractivity contribution in [3.05, 3.63) is 23.4 Å². The first-order valence-corrected chi connectivity index (χ1v) is 6.55. The highest BCUT2D eigenvalue weighted by atomic mass is 15.1. The summed E-state index contributed by atoms with van der Waals surface area (Å²) in [5.74, 6) is 1.04. The molecule has 0 fully saturated rings. The van der Waals surface area contributed by atoms with E-state index in [0.29, 0.717) is 6.04 Å². The maximum absolute atomic E-state index is 4.70. The molecule has 1 aromatic heterocycles. The van der Waals surface area contributed by atoms with Gasteiger partial charge in [-0.2, -0.15) is 0 Å². The van der Waals surface area contributed by atoms with E-state index in [1.54, 1.807) is 0 Å². The monoisotopic (exact) mass is 233 g/mol. The van der Waals surface area contributed by atoms with E-state index in [4.69, 9.17) is 4.98 Å². The summed E-state index contributed by atoms with van der Waals surface area (Å²) in [6.45, 7) is 3.33. The van der Waals surface area contributed by atoms with Crippen LogP contribution in [0.3, 0.4) is 0 Å². The van der Waals surface area contributed by atoms with Crippen LogP contribution < -0.4 is 5.32 Å². The third kappa shape index (κ3) is 3.43. The minimum Gasteiger partial charge on any atom is -0.368 e. The molecule has 1 aliphatic rings. The number of nitrogens with zero attached hydrogens (tertiary/aromatic N) is 2. The highest BCUT2D eigenvalue weighted by Crippen LogP contribution is 2.21. The zero-order valence-electron chi connectivity index (χ0n) is 11.2. The minimum atomic E-state index is 0.476. The van der Waals surface area contributed by atoms with Gasteiger partial charge in [0, 0.05) is 11.7 Å². The Hall–Kier alpha value is -1.09. The molecule has 2 rings (SSSR count). The molecule has 1 aliphatic carbocycles. The molecule has 3 nitrogen and oxygen atoms in total. The Morgan fingerprint density at radius 2 is 2.18 bits per heavy atom. The Balaban J connectivity index is 1.90. The SMILES string of the molecule is CC(CCN(C)C)Nc1ccc2c(n1)CCC2. The molecule has 17 heavy (non-hydrogen) atoms. The fourth-order valence-electron chi connectivity index (χ4n) is 2.28. The van der Waals surface area contributed by atoms with Crippen molar-refractivity contribution in [1.29, 1.82) is 0 Å². The Morgan fingerprint density at radius 3 is 2.94 bits per heavy atom. The predicted molar refractivity (Wildman–Crippen MR) is 72.5 cm³/mol. The molecular formula is C14H23N3. The van der Waals surface area contributed by atoms with Gasteiger partial charge in [-0.15, -0.1) is 0 Å². The maximum Gasteiger partial charge on any atom is 0.126 e. The van der Waals surface area contributed by atoms with E-state index >= 15 is 0 Å². The molecule has 1 aromatic rings. The van der Waals surface area contributed by atoms with Gasteiger partial charge in [0.2, 0.25) is 0 Å². The number of pyridine rings is 1. The Labute approximate surface area is 104 Å². The third-order valence-electron chi connectivity index (χ3n) is 3.33. The van der Waals surface area contributed by atoms with Gasteiger partial charge in [-0.1, -0.05) is 6.07 Å². The van der Waals surface area contributed by atoms with Gasteiger partial charge < -0.3 is 10.2 Å². The maximum atomic E-state index is 4.70. The van der Waals surface area contributed by atoms with Gasteiger partial charge in [0.25, 0.3) is 0 Å². The molecule has 0 radical (unpaired) electrons. The molecule has 1 unspecified atom stereocenters. The summed E-state index contributed by atoms with van der Waals surface area (Å²) in [5, 5.41) is 3.49. The van der Waals surface area contributed by atoms with Crippen molar-refractivity contribution in [1.82, 2.24) is 9.88 Å². The van der Waals surface area contributed by atoms with E-state index in [1.165, 1.54) is 24.1 Å². The van der Waals surface area contributed by atoms with Crippen LogP contribution in [0.2, 0.25) is 0 Å². The molecule has 1 heterocycles. The summed E-state index contributed by atoms with van der Waals surface area (Å²) >= 11 is 0. The van der Waals surface area contributed by atoms with Gasteiger partial charge in [0.15, 0.2) is 0 Å². The Bertz CT molecular complexity index is 374. The molecule has 0 saturated heterocycles. The van der Waals surface area contributed by atoms with E-state index in [0.717, 1.165) is 25.2 Å². The molecule has 0 spiro atoms. The quantitative estimate of drug-likeness (QED) is 0.846. The molecule has 94 valence electrons. The van der Waals surface area contributed by atoms with Crippen molar-refractivity contribution < 1.29 is 0 Å². The zero-order chi connectivity index (χ0) is 12.3. The fraction of sp³-hybridized carbons (Fsp3) is 0.643. The van der Waals surface area contributed by atoms with Crippen molar-refractivity contribution in [2.45, 2.75) is 38.6 Å². The van der Waals surface area contributed by atoms with Crippen LogP contribution in [0.1, 0.15) is 31.0 Å². The lowest BCUT2D eigenvalue weighted by molar-refractivity contribution is 0.390. The van der Waals surface area contributed by atoms with Crippen molar-refractivity contribution in [2.75, 3.05) is 26.0 Å². The first-order chi connectivity index (χ1) is 8.15. The molecule has 0 saturated carbocycles. The number of anilines is 1. The molecule has 3 heteroatoms. The second kappa shape index (κ2) is 5.50. The van der Waals surface area contributed by atoms with Crippen LogP contribution in [0.15, 0.2) is 12.1 Å². The summed E-state index contributed by atoms with van der Waals surface area (Å²) in [7, 11) is 4.22. The van der Waals surface area contributed by atoms with Crippen molar-refractivity contribution >= 4 is 5.82 Å². The third-order valence-corrected chi connectivity index (χ3v) is 3.33. The van der Waals surface area contributed by atoms with Crippen LogP contribution in [0.4, 0.5) is 5.82 Å². The van der Waals surface area contributed by atoms with Gasteiger partial charge in [-0.3, -0.25) is 0 Å². The molecule has 0 bridgehead atoms. The standard InChI is InChI=1S/C14H23N3/c1-11(9-10-17(2)3)15-14-8-7-12-5-4-6-13(12)16-14/h7-8,11H,4-6,9-10H2,1-3H3,(H,15,16). The number of hydrogen-bond acceptors (Lipinski definition) is 3. The number of rotatable bonds is 5. The zero-order valence-corrected chi connectivity index (χ0v) is 11.2. The van der Waals surface area contributed by atoms with Crippen molar-refractivity contribution in [2.24, 2.45) is 0 Å². The number of aryl methyl sites for hydroxylation is 2. The predicted octanol–water partition coefficient (Wildman–Crippen LogP) is 2.32. The lowest BCUT2D eigenvalue weighted by Crippen LogP contribution is -2.23. The molecule has 1 atom stereocenters. The van der Waals surface area contributed by atoms with Gasteiger partial charge in [-0.25, -0.2) is 4.98 Å². The molecular weight excluding hydrogens is 210 g/mol. The molecule has 1 N–H and O–H groups in total. The van der Waals surface area contributed by atoms with E-state index in [1.807, 2.05) is 0 Å². The normalized spacial score (nSPS) is 16.0. The summed E-state index contributed by atoms with van der Waals surface area (Å²) in [6.07, 6.45) is 4.77. The van der Waals surface area contributed by atoms with E-state index in [-0.39, 0.29) is 0 Å². The van der Waals surface area contributed by atoms with Crippen LogP contribution in [-0.2, 0) is 12.8 Å². The van der Waals surface area contributed by atoms with E-state index in [9.17, 15) is 0 Å². The van der Waals surface area contributed by atoms with Crippen LogP contribution >= 0.6 is 0 Å². The Kier molecular flexibility index (Phi) is 4.00. The van der Waals surface area contributed by atoms with Crippen LogP contribution in [0, 0.1) is 0 Å². The van der Waals surface area contributed by atoms with Crippen molar-refractivity contribution in [3.8, 4) is 0 Å². The number of fused-ring (bicyclic) bond motifs is 1. The van der Waals surface area contributed by atoms with Gasteiger partial charge in [0.1, 0.15) is 5.82 Å². The topological polar surface area (TPSA) is 28.2 Å².